The summed E-state index contributed by atoms with van der Waals surface area (Å²) in [7, 11) is 0. The molecular weight excluding hydrogens is 267 g/mol. The van der Waals surface area contributed by atoms with Gasteiger partial charge in [0.15, 0.2) is 6.61 Å². The summed E-state index contributed by atoms with van der Waals surface area (Å²) in [6.07, 6.45) is -3.86. The van der Waals surface area contributed by atoms with E-state index in [-0.39, 0.29) is 5.70 Å². The van der Waals surface area contributed by atoms with Gasteiger partial charge in [-0.1, -0.05) is 0 Å². The first-order chi connectivity index (χ1) is 8.13. The normalized spacial score (nSPS) is 16.1. The second kappa shape index (κ2) is 4.70. The molecule has 0 aromatic carbocycles. The number of nitrogens with one attached hydrogen (secondary N) is 2. The maximum atomic E-state index is 12.5. The van der Waals surface area contributed by atoms with Crippen LogP contribution in [0.4, 0.5) is 22.0 Å². The highest BCUT2D eigenvalue weighted by Crippen LogP contribution is 2.35. The lowest BCUT2D eigenvalue weighted by molar-refractivity contribution is -0.294. The van der Waals surface area contributed by atoms with Crippen molar-refractivity contribution in [1.29, 1.82) is 0 Å². The zero-order chi connectivity index (χ0) is 14.0. The first kappa shape index (κ1) is 14.1. The molecule has 0 unspecified atom stereocenters. The topological polar surface area (TPSA) is 70.6 Å². The minimum absolute atomic E-state index is 0.315. The molecule has 0 saturated heterocycles. The number of halogens is 5. The lowest BCUT2D eigenvalue weighted by Gasteiger charge is -2.22. The van der Waals surface area contributed by atoms with Gasteiger partial charge in [0.1, 0.15) is 5.70 Å². The molecule has 1 rings (SSSR count). The van der Waals surface area contributed by atoms with E-state index in [0.717, 1.165) is 12.2 Å². The molecule has 3 N–H and O–H groups in total. The Hall–Kier alpha value is -2.00. The number of ether oxygens (including phenoxy) is 1. The number of rotatable bonds is 4. The number of hydrazine groups is 1. The van der Waals surface area contributed by atoms with Crippen LogP contribution in [-0.2, 0) is 9.53 Å². The van der Waals surface area contributed by atoms with Crippen molar-refractivity contribution in [2.45, 2.75) is 12.1 Å². The Bertz CT molecular complexity index is 402. The lowest BCUT2D eigenvalue weighted by Crippen LogP contribution is -2.43. The predicted molar refractivity (Wildman–Crippen MR) is 47.0 cm³/mol. The molecule has 0 spiro atoms. The van der Waals surface area contributed by atoms with E-state index in [1.54, 1.807) is 0 Å². The molecule has 0 aromatic rings. The van der Waals surface area contributed by atoms with Crippen molar-refractivity contribution >= 4 is 5.97 Å². The fourth-order valence-electron chi connectivity index (χ4n) is 0.830. The monoisotopic (exact) mass is 274 g/mol. The minimum Gasteiger partial charge on any atom is -0.477 e. The van der Waals surface area contributed by atoms with E-state index in [2.05, 4.69) is 4.74 Å². The predicted octanol–water partition coefficient (Wildman–Crippen LogP) is 1.12. The van der Waals surface area contributed by atoms with Crippen LogP contribution < -0.4 is 10.9 Å². The first-order valence-electron chi connectivity index (χ1n) is 4.38. The summed E-state index contributed by atoms with van der Waals surface area (Å²) >= 11 is 0. The molecule has 0 aliphatic carbocycles. The Morgan fingerprint density at radius 2 is 1.83 bits per heavy atom. The van der Waals surface area contributed by atoms with Crippen LogP contribution in [0.25, 0.3) is 0 Å². The average molecular weight is 274 g/mol. The van der Waals surface area contributed by atoms with Crippen LogP contribution in [0.15, 0.2) is 23.7 Å². The van der Waals surface area contributed by atoms with Gasteiger partial charge in [-0.15, -0.1) is 0 Å². The van der Waals surface area contributed by atoms with Gasteiger partial charge >= 0.3 is 18.1 Å². The van der Waals surface area contributed by atoms with Gasteiger partial charge < -0.3 is 9.84 Å². The molecule has 1 aliphatic heterocycles. The van der Waals surface area contributed by atoms with Crippen molar-refractivity contribution in [3.05, 3.63) is 23.7 Å². The van der Waals surface area contributed by atoms with E-state index in [0.29, 0.717) is 0 Å². The third-order valence-electron chi connectivity index (χ3n) is 1.78. The Labute approximate surface area is 96.9 Å². The molecule has 18 heavy (non-hydrogen) atoms. The third kappa shape index (κ3) is 3.25. The average Bonchev–Trinajstić information content (AvgIpc) is 2.25. The third-order valence-corrected chi connectivity index (χ3v) is 1.78. The molecule has 0 bridgehead atoms. The van der Waals surface area contributed by atoms with E-state index in [9.17, 15) is 26.7 Å². The van der Waals surface area contributed by atoms with Crippen LogP contribution in [0, 0.1) is 0 Å². The van der Waals surface area contributed by atoms with Gasteiger partial charge in [0.2, 0.25) is 5.88 Å². The summed E-state index contributed by atoms with van der Waals surface area (Å²) in [5.74, 6) is -6.78. The van der Waals surface area contributed by atoms with Crippen LogP contribution in [0.1, 0.15) is 0 Å². The van der Waals surface area contributed by atoms with E-state index in [1.165, 1.54) is 0 Å². The highest BCUT2D eigenvalue weighted by atomic mass is 19.4. The van der Waals surface area contributed by atoms with Gasteiger partial charge in [-0.25, -0.2) is 4.79 Å². The number of hydrogen-bond donors (Lipinski definition) is 3. The van der Waals surface area contributed by atoms with Crippen molar-refractivity contribution in [1.82, 2.24) is 10.9 Å². The standard InChI is InChI=1S/C8H7F5N2O3/c9-7(10,8(11,12)13)3-18-5-2-1-4(6(16)17)14-15-5/h1-2,14-15H,3H2,(H,16,17). The van der Waals surface area contributed by atoms with Gasteiger partial charge in [-0.05, 0) is 6.08 Å². The van der Waals surface area contributed by atoms with Crippen molar-refractivity contribution in [2.24, 2.45) is 0 Å². The smallest absolute Gasteiger partial charge is 0.456 e. The molecule has 1 aliphatic rings. The van der Waals surface area contributed by atoms with Gasteiger partial charge in [0.05, 0.1) is 0 Å². The Kier molecular flexibility index (Phi) is 3.67. The molecule has 0 radical (unpaired) electrons. The van der Waals surface area contributed by atoms with Crippen LogP contribution in [0.3, 0.4) is 0 Å². The van der Waals surface area contributed by atoms with Gasteiger partial charge in [0, 0.05) is 6.08 Å². The van der Waals surface area contributed by atoms with Gasteiger partial charge in [-0.3, -0.25) is 10.9 Å². The zero-order valence-electron chi connectivity index (χ0n) is 8.52. The molecule has 10 heteroatoms. The fraction of sp³-hybridized carbons (Fsp3) is 0.375. The second-order valence-electron chi connectivity index (χ2n) is 3.16. The molecule has 0 aromatic heterocycles. The number of aliphatic carboxylic acids is 1. The molecule has 0 atom stereocenters. The minimum atomic E-state index is -5.71. The molecule has 0 fully saturated rings. The molecular formula is C8H7F5N2O3. The maximum Gasteiger partial charge on any atom is 0.456 e. The second-order valence-corrected chi connectivity index (χ2v) is 3.16. The summed E-state index contributed by atoms with van der Waals surface area (Å²) < 4.78 is 64.4. The Balaban J connectivity index is 2.59. The number of carboxylic acid groups (broad SMARTS) is 1. The lowest BCUT2D eigenvalue weighted by atomic mass is 10.3. The van der Waals surface area contributed by atoms with Crippen LogP contribution >= 0.6 is 0 Å². The number of alkyl halides is 5. The van der Waals surface area contributed by atoms with Gasteiger partial charge in [-0.2, -0.15) is 22.0 Å². The summed E-state index contributed by atoms with van der Waals surface area (Å²) in [6, 6.07) is 0. The Morgan fingerprint density at radius 3 is 2.22 bits per heavy atom. The van der Waals surface area contributed by atoms with Crippen LogP contribution in [0.2, 0.25) is 0 Å². The summed E-state index contributed by atoms with van der Waals surface area (Å²) in [4.78, 5) is 10.4. The quantitative estimate of drug-likeness (QED) is 0.670. The van der Waals surface area contributed by atoms with Crippen molar-refractivity contribution in [3.63, 3.8) is 0 Å². The summed E-state index contributed by atoms with van der Waals surface area (Å²) in [5, 5.41) is 8.48. The van der Waals surface area contributed by atoms with Crippen molar-refractivity contribution < 1.29 is 36.6 Å². The fourth-order valence-corrected chi connectivity index (χ4v) is 0.830. The first-order valence-corrected chi connectivity index (χ1v) is 4.38. The van der Waals surface area contributed by atoms with E-state index < -0.39 is 30.6 Å². The molecule has 0 saturated carbocycles. The molecule has 5 nitrogen and oxygen atoms in total. The summed E-state index contributed by atoms with van der Waals surface area (Å²) in [5.41, 5.74) is 3.73. The van der Waals surface area contributed by atoms with Crippen LogP contribution in [-0.4, -0.2) is 29.8 Å². The number of carboxylic acids is 1. The Morgan fingerprint density at radius 1 is 1.22 bits per heavy atom. The summed E-state index contributed by atoms with van der Waals surface area (Å²) in [6.45, 7) is -1.91. The number of allylic oxidation sites excluding steroid dienone is 2. The van der Waals surface area contributed by atoms with Crippen molar-refractivity contribution in [2.75, 3.05) is 6.61 Å². The van der Waals surface area contributed by atoms with E-state index >= 15 is 0 Å². The van der Waals surface area contributed by atoms with Crippen molar-refractivity contribution in [3.8, 4) is 0 Å². The molecule has 1 heterocycles. The molecule has 102 valence electrons. The maximum absolute atomic E-state index is 12.5. The highest BCUT2D eigenvalue weighted by Gasteiger charge is 2.58. The SMILES string of the molecule is O=C(O)C1=CC=C(OCC(F)(F)C(F)(F)F)NN1. The van der Waals surface area contributed by atoms with Crippen LogP contribution in [0.5, 0.6) is 0 Å². The highest BCUT2D eigenvalue weighted by molar-refractivity contribution is 5.86. The number of carbonyl (C=O) groups is 1. The molecule has 0 amide bonds. The van der Waals surface area contributed by atoms with Gasteiger partial charge in [0.25, 0.3) is 0 Å². The van der Waals surface area contributed by atoms with E-state index in [4.69, 9.17) is 5.11 Å². The zero-order valence-corrected chi connectivity index (χ0v) is 8.52. The number of hydrogen-bond acceptors (Lipinski definition) is 4. The van der Waals surface area contributed by atoms with E-state index in [1.807, 2.05) is 10.9 Å². The largest absolute Gasteiger partial charge is 0.477 e.